The van der Waals surface area contributed by atoms with E-state index in [1.54, 1.807) is 0 Å². The van der Waals surface area contributed by atoms with Crippen LogP contribution in [-0.2, 0) is 0 Å². The van der Waals surface area contributed by atoms with Crippen LogP contribution in [0.2, 0.25) is 0 Å². The Balaban J connectivity index is 2.07. The minimum atomic E-state index is -0.133. The van der Waals surface area contributed by atoms with Crippen molar-refractivity contribution < 1.29 is 5.11 Å². The summed E-state index contributed by atoms with van der Waals surface area (Å²) >= 11 is 0. The van der Waals surface area contributed by atoms with E-state index in [1.807, 2.05) is 0 Å². The summed E-state index contributed by atoms with van der Waals surface area (Å²) in [5.74, 6) is 0.779. The van der Waals surface area contributed by atoms with Gasteiger partial charge in [0.25, 0.3) is 0 Å². The van der Waals surface area contributed by atoms with Gasteiger partial charge in [-0.15, -0.1) is 0 Å². The maximum atomic E-state index is 9.98. The normalized spacial score (nSPS) is 26.6. The molecule has 0 atom stereocenters. The van der Waals surface area contributed by atoms with Gasteiger partial charge in [0.15, 0.2) is 0 Å². The standard InChI is InChI=1S/C19H31NO/c1-5-18(3,4)16-10-12-19(14-21,13-11-16)20-17-9-7-6-8-15(17)2/h6-9,16,20-21H,5,10-14H2,1-4H3. The monoisotopic (exact) mass is 289 g/mol. The van der Waals surface area contributed by atoms with Gasteiger partial charge in [0.1, 0.15) is 0 Å². The van der Waals surface area contributed by atoms with E-state index in [-0.39, 0.29) is 12.1 Å². The van der Waals surface area contributed by atoms with Gasteiger partial charge in [0.05, 0.1) is 12.1 Å². The molecule has 118 valence electrons. The summed E-state index contributed by atoms with van der Waals surface area (Å²) in [7, 11) is 0. The molecule has 2 rings (SSSR count). The molecule has 0 aromatic heterocycles. The fourth-order valence-corrected chi connectivity index (χ4v) is 3.56. The molecule has 21 heavy (non-hydrogen) atoms. The van der Waals surface area contributed by atoms with Crippen molar-refractivity contribution >= 4 is 5.69 Å². The van der Waals surface area contributed by atoms with Crippen molar-refractivity contribution in [2.75, 3.05) is 11.9 Å². The minimum absolute atomic E-state index is 0.133. The largest absolute Gasteiger partial charge is 0.394 e. The second-order valence-corrected chi connectivity index (χ2v) is 7.49. The van der Waals surface area contributed by atoms with Crippen LogP contribution in [0.25, 0.3) is 0 Å². The van der Waals surface area contributed by atoms with Crippen LogP contribution in [0.1, 0.15) is 58.4 Å². The maximum Gasteiger partial charge on any atom is 0.0661 e. The quantitative estimate of drug-likeness (QED) is 0.818. The third-order valence-corrected chi connectivity index (χ3v) is 5.81. The second-order valence-electron chi connectivity index (χ2n) is 7.49. The highest BCUT2D eigenvalue weighted by atomic mass is 16.3. The molecule has 0 radical (unpaired) electrons. The number of benzene rings is 1. The smallest absolute Gasteiger partial charge is 0.0661 e. The van der Waals surface area contributed by atoms with Gasteiger partial charge >= 0.3 is 0 Å². The molecule has 0 spiro atoms. The van der Waals surface area contributed by atoms with Crippen molar-refractivity contribution in [2.24, 2.45) is 11.3 Å². The van der Waals surface area contributed by atoms with Crippen LogP contribution in [0.3, 0.4) is 0 Å². The van der Waals surface area contributed by atoms with Crippen molar-refractivity contribution in [3.63, 3.8) is 0 Å². The molecule has 0 amide bonds. The zero-order chi connectivity index (χ0) is 15.5. The van der Waals surface area contributed by atoms with Gasteiger partial charge in [-0.2, -0.15) is 0 Å². The topological polar surface area (TPSA) is 32.3 Å². The van der Waals surface area contributed by atoms with E-state index in [4.69, 9.17) is 0 Å². The first-order valence-corrected chi connectivity index (χ1v) is 8.37. The second kappa shape index (κ2) is 6.39. The molecule has 1 aromatic carbocycles. The molecule has 0 unspecified atom stereocenters. The van der Waals surface area contributed by atoms with Gasteiger partial charge in [-0.25, -0.2) is 0 Å². The summed E-state index contributed by atoms with van der Waals surface area (Å²) < 4.78 is 0. The molecule has 0 saturated heterocycles. The van der Waals surface area contributed by atoms with Crippen LogP contribution in [0.15, 0.2) is 24.3 Å². The Labute approximate surface area is 130 Å². The van der Waals surface area contributed by atoms with Crippen molar-refractivity contribution in [3.8, 4) is 0 Å². The molecule has 1 saturated carbocycles. The van der Waals surface area contributed by atoms with Gasteiger partial charge in [-0.1, -0.05) is 45.4 Å². The predicted molar refractivity (Wildman–Crippen MR) is 90.6 cm³/mol. The third-order valence-electron chi connectivity index (χ3n) is 5.81. The molecule has 1 aliphatic rings. The van der Waals surface area contributed by atoms with Crippen LogP contribution in [0.5, 0.6) is 0 Å². The zero-order valence-corrected chi connectivity index (χ0v) is 14.1. The first-order chi connectivity index (χ1) is 9.92. The molecule has 2 heteroatoms. The van der Waals surface area contributed by atoms with E-state index < -0.39 is 0 Å². The summed E-state index contributed by atoms with van der Waals surface area (Å²) in [6, 6.07) is 8.37. The number of hydrogen-bond donors (Lipinski definition) is 2. The Kier molecular flexibility index (Phi) is 4.98. The van der Waals surface area contributed by atoms with E-state index >= 15 is 0 Å². The number of para-hydroxylation sites is 1. The Morgan fingerprint density at radius 3 is 2.38 bits per heavy atom. The van der Waals surface area contributed by atoms with Crippen LogP contribution in [0.4, 0.5) is 5.69 Å². The number of aryl methyl sites for hydroxylation is 1. The predicted octanol–water partition coefficient (Wildman–Crippen LogP) is 4.76. The van der Waals surface area contributed by atoms with E-state index in [2.05, 4.69) is 57.3 Å². The van der Waals surface area contributed by atoms with E-state index in [9.17, 15) is 5.11 Å². The van der Waals surface area contributed by atoms with Gasteiger partial charge in [-0.3, -0.25) is 0 Å². The molecule has 2 nitrogen and oxygen atoms in total. The Bertz CT molecular complexity index is 458. The van der Waals surface area contributed by atoms with E-state index in [0.29, 0.717) is 5.41 Å². The molecule has 0 aliphatic heterocycles. The molecule has 0 bridgehead atoms. The van der Waals surface area contributed by atoms with Crippen LogP contribution < -0.4 is 5.32 Å². The average Bonchev–Trinajstić information content (AvgIpc) is 2.50. The van der Waals surface area contributed by atoms with Gasteiger partial charge in [-0.05, 0) is 55.6 Å². The Morgan fingerprint density at radius 2 is 1.86 bits per heavy atom. The van der Waals surface area contributed by atoms with Gasteiger partial charge in [0, 0.05) is 5.69 Å². The Hall–Kier alpha value is -1.02. The third kappa shape index (κ3) is 3.60. The zero-order valence-electron chi connectivity index (χ0n) is 14.1. The number of hydrogen-bond acceptors (Lipinski definition) is 2. The Morgan fingerprint density at radius 1 is 1.24 bits per heavy atom. The molecule has 1 aromatic rings. The fraction of sp³-hybridized carbons (Fsp3) is 0.684. The van der Waals surface area contributed by atoms with Gasteiger partial charge < -0.3 is 10.4 Å². The lowest BCUT2D eigenvalue weighted by Gasteiger charge is -2.45. The highest BCUT2D eigenvalue weighted by Crippen LogP contribution is 2.44. The van der Waals surface area contributed by atoms with Crippen molar-refractivity contribution in [3.05, 3.63) is 29.8 Å². The summed E-state index contributed by atoms with van der Waals surface area (Å²) in [5, 5.41) is 13.6. The highest BCUT2D eigenvalue weighted by Gasteiger charge is 2.39. The lowest BCUT2D eigenvalue weighted by molar-refractivity contribution is 0.0920. The summed E-state index contributed by atoms with van der Waals surface area (Å²) in [4.78, 5) is 0. The highest BCUT2D eigenvalue weighted by molar-refractivity contribution is 5.52. The molecular formula is C19H31NO. The van der Waals surface area contributed by atoms with E-state index in [0.717, 1.165) is 18.8 Å². The molecule has 1 aliphatic carbocycles. The summed E-state index contributed by atoms with van der Waals surface area (Å²) in [6.07, 6.45) is 5.77. The van der Waals surface area contributed by atoms with Crippen molar-refractivity contribution in [1.29, 1.82) is 0 Å². The van der Waals surface area contributed by atoms with Crippen LogP contribution in [-0.4, -0.2) is 17.3 Å². The molecule has 2 N–H and O–H groups in total. The lowest BCUT2D eigenvalue weighted by Crippen LogP contribution is -2.47. The van der Waals surface area contributed by atoms with E-state index in [1.165, 1.54) is 30.5 Å². The molecule has 0 heterocycles. The first-order valence-electron chi connectivity index (χ1n) is 8.37. The molecular weight excluding hydrogens is 258 g/mol. The van der Waals surface area contributed by atoms with Gasteiger partial charge in [0.2, 0.25) is 0 Å². The van der Waals surface area contributed by atoms with Crippen molar-refractivity contribution in [2.45, 2.75) is 65.3 Å². The number of aliphatic hydroxyl groups is 1. The summed E-state index contributed by atoms with van der Waals surface area (Å²) in [5.41, 5.74) is 2.71. The lowest BCUT2D eigenvalue weighted by atomic mass is 9.65. The minimum Gasteiger partial charge on any atom is -0.394 e. The maximum absolute atomic E-state index is 9.98. The number of anilines is 1. The first kappa shape index (κ1) is 16.4. The average molecular weight is 289 g/mol. The van der Waals surface area contributed by atoms with Crippen LogP contribution in [0, 0.1) is 18.3 Å². The summed E-state index contributed by atoms with van der Waals surface area (Å²) in [6.45, 7) is 9.41. The number of aliphatic hydroxyl groups excluding tert-OH is 1. The SMILES string of the molecule is CCC(C)(C)C1CCC(CO)(Nc2ccccc2C)CC1. The molecule has 1 fully saturated rings. The number of rotatable bonds is 5. The number of nitrogens with one attached hydrogen (secondary N) is 1. The van der Waals surface area contributed by atoms with Crippen molar-refractivity contribution in [1.82, 2.24) is 0 Å². The fourth-order valence-electron chi connectivity index (χ4n) is 3.56. The van der Waals surface area contributed by atoms with Crippen LogP contribution >= 0.6 is 0 Å².